The Hall–Kier alpha value is -1.43. The molecule has 0 atom stereocenters. The Morgan fingerprint density at radius 3 is 2.06 bits per heavy atom. The largest absolute Gasteiger partial charge is 0.454 e. The third-order valence-electron chi connectivity index (χ3n) is 2.94. The van der Waals surface area contributed by atoms with E-state index in [2.05, 4.69) is 0 Å². The number of fused-ring (bicyclic) bond motifs is 1. The van der Waals surface area contributed by atoms with Crippen LogP contribution in [-0.2, 0) is 11.6 Å². The SMILES string of the molecule is CC(C)(CO)c1cc2c(cc1C(F)(F)F)OCO2. The third kappa shape index (κ3) is 2.12. The normalized spacial score (nSPS) is 15.0. The molecule has 0 unspecified atom stereocenters. The first kappa shape index (κ1) is 13.0. The van der Waals surface area contributed by atoms with Gasteiger partial charge in [0.2, 0.25) is 6.79 Å². The van der Waals surface area contributed by atoms with E-state index >= 15 is 0 Å². The Morgan fingerprint density at radius 2 is 1.61 bits per heavy atom. The molecule has 0 saturated heterocycles. The first-order chi connectivity index (χ1) is 8.25. The minimum Gasteiger partial charge on any atom is -0.454 e. The van der Waals surface area contributed by atoms with Crippen molar-refractivity contribution in [2.24, 2.45) is 0 Å². The molecule has 2 rings (SSSR count). The van der Waals surface area contributed by atoms with E-state index in [9.17, 15) is 18.3 Å². The fourth-order valence-electron chi connectivity index (χ4n) is 1.82. The molecule has 3 nitrogen and oxygen atoms in total. The zero-order valence-electron chi connectivity index (χ0n) is 9.97. The number of hydrogen-bond acceptors (Lipinski definition) is 3. The number of halogens is 3. The zero-order chi connectivity index (χ0) is 13.6. The molecule has 1 aromatic carbocycles. The molecule has 18 heavy (non-hydrogen) atoms. The summed E-state index contributed by atoms with van der Waals surface area (Å²) in [6.45, 7) is 2.60. The Bertz CT molecular complexity index is 466. The van der Waals surface area contributed by atoms with Crippen LogP contribution in [0.3, 0.4) is 0 Å². The number of alkyl halides is 3. The second kappa shape index (κ2) is 4.05. The van der Waals surface area contributed by atoms with Gasteiger partial charge in [-0.25, -0.2) is 0 Å². The molecule has 0 saturated carbocycles. The maximum atomic E-state index is 13.0. The van der Waals surface area contributed by atoms with Crippen molar-refractivity contribution in [2.75, 3.05) is 13.4 Å². The van der Waals surface area contributed by atoms with Gasteiger partial charge in [-0.3, -0.25) is 0 Å². The van der Waals surface area contributed by atoms with Gasteiger partial charge in [0.25, 0.3) is 0 Å². The van der Waals surface area contributed by atoms with Crippen molar-refractivity contribution in [2.45, 2.75) is 25.4 Å². The van der Waals surface area contributed by atoms with E-state index < -0.39 is 23.8 Å². The van der Waals surface area contributed by atoms with Crippen LogP contribution in [0.1, 0.15) is 25.0 Å². The highest BCUT2D eigenvalue weighted by atomic mass is 19.4. The van der Waals surface area contributed by atoms with E-state index in [1.807, 2.05) is 0 Å². The molecule has 100 valence electrons. The van der Waals surface area contributed by atoms with E-state index in [1.54, 1.807) is 13.8 Å². The van der Waals surface area contributed by atoms with Gasteiger partial charge in [-0.1, -0.05) is 13.8 Å². The number of hydrogen-bond donors (Lipinski definition) is 1. The molecule has 1 N–H and O–H groups in total. The lowest BCUT2D eigenvalue weighted by Crippen LogP contribution is -2.26. The van der Waals surface area contributed by atoms with Crippen molar-refractivity contribution >= 4 is 0 Å². The first-order valence-electron chi connectivity index (χ1n) is 5.38. The van der Waals surface area contributed by atoms with E-state index in [0.717, 1.165) is 6.07 Å². The van der Waals surface area contributed by atoms with Gasteiger partial charge in [0, 0.05) is 5.41 Å². The van der Waals surface area contributed by atoms with Gasteiger partial charge in [0.05, 0.1) is 12.2 Å². The molecular weight excluding hydrogens is 249 g/mol. The zero-order valence-corrected chi connectivity index (χ0v) is 9.97. The van der Waals surface area contributed by atoms with Gasteiger partial charge >= 0.3 is 6.18 Å². The monoisotopic (exact) mass is 262 g/mol. The summed E-state index contributed by atoms with van der Waals surface area (Å²) in [7, 11) is 0. The molecule has 0 radical (unpaired) electrons. The van der Waals surface area contributed by atoms with Crippen molar-refractivity contribution in [3.05, 3.63) is 23.3 Å². The molecule has 6 heteroatoms. The highest BCUT2D eigenvalue weighted by molar-refractivity contribution is 5.51. The fourth-order valence-corrected chi connectivity index (χ4v) is 1.82. The highest BCUT2D eigenvalue weighted by Gasteiger charge is 2.39. The predicted molar refractivity (Wildman–Crippen MR) is 57.7 cm³/mol. The summed E-state index contributed by atoms with van der Waals surface area (Å²) in [6, 6.07) is 2.22. The molecule has 1 aliphatic heterocycles. The Morgan fingerprint density at radius 1 is 1.11 bits per heavy atom. The summed E-state index contributed by atoms with van der Waals surface area (Å²) in [5, 5.41) is 9.25. The summed E-state index contributed by atoms with van der Waals surface area (Å²) < 4.78 is 49.0. The topological polar surface area (TPSA) is 38.7 Å². The fraction of sp³-hybridized carbons (Fsp3) is 0.500. The van der Waals surface area contributed by atoms with Gasteiger partial charge in [0.1, 0.15) is 0 Å². The lowest BCUT2D eigenvalue weighted by Gasteiger charge is -2.26. The number of ether oxygens (including phenoxy) is 2. The predicted octanol–water partition coefficient (Wildman–Crippen LogP) is 2.70. The van der Waals surface area contributed by atoms with E-state index in [4.69, 9.17) is 9.47 Å². The van der Waals surface area contributed by atoms with Crippen LogP contribution in [0.25, 0.3) is 0 Å². The molecule has 0 spiro atoms. The van der Waals surface area contributed by atoms with E-state index in [1.165, 1.54) is 6.07 Å². The van der Waals surface area contributed by atoms with Crippen molar-refractivity contribution in [3.8, 4) is 11.5 Å². The number of aliphatic hydroxyl groups excluding tert-OH is 1. The molecule has 0 amide bonds. The van der Waals surface area contributed by atoms with Gasteiger partial charge in [0.15, 0.2) is 11.5 Å². The van der Waals surface area contributed by atoms with Crippen LogP contribution in [0, 0.1) is 0 Å². The van der Waals surface area contributed by atoms with Crippen LogP contribution in [-0.4, -0.2) is 18.5 Å². The van der Waals surface area contributed by atoms with Crippen molar-refractivity contribution < 1.29 is 27.8 Å². The second-order valence-corrected chi connectivity index (χ2v) is 4.79. The van der Waals surface area contributed by atoms with Crippen LogP contribution in [0.5, 0.6) is 11.5 Å². The average Bonchev–Trinajstić information content (AvgIpc) is 2.73. The molecule has 0 aromatic heterocycles. The smallest absolute Gasteiger partial charge is 0.416 e. The Balaban J connectivity index is 2.63. The van der Waals surface area contributed by atoms with Gasteiger partial charge in [-0.15, -0.1) is 0 Å². The standard InChI is InChI=1S/C12H13F3O3/c1-11(2,5-16)7-3-9-10(18-6-17-9)4-8(7)12(13,14)15/h3-4,16H,5-6H2,1-2H3. The summed E-state index contributed by atoms with van der Waals surface area (Å²) in [5.41, 5.74) is -1.81. The first-order valence-corrected chi connectivity index (χ1v) is 5.38. The van der Waals surface area contributed by atoms with E-state index in [-0.39, 0.29) is 23.9 Å². The third-order valence-corrected chi connectivity index (χ3v) is 2.94. The minimum absolute atomic E-state index is 0.00162. The molecular formula is C12H13F3O3. The molecule has 1 aliphatic rings. The van der Waals surface area contributed by atoms with Gasteiger partial charge < -0.3 is 14.6 Å². The van der Waals surface area contributed by atoms with Crippen molar-refractivity contribution in [1.29, 1.82) is 0 Å². The average molecular weight is 262 g/mol. The van der Waals surface area contributed by atoms with Crippen LogP contribution < -0.4 is 9.47 Å². The lowest BCUT2D eigenvalue weighted by atomic mass is 9.82. The van der Waals surface area contributed by atoms with Gasteiger partial charge in [-0.2, -0.15) is 13.2 Å². The number of aliphatic hydroxyl groups is 1. The van der Waals surface area contributed by atoms with Crippen molar-refractivity contribution in [1.82, 2.24) is 0 Å². The quantitative estimate of drug-likeness (QED) is 0.890. The summed E-state index contributed by atoms with van der Waals surface area (Å²) >= 11 is 0. The molecule has 0 aliphatic carbocycles. The van der Waals surface area contributed by atoms with Crippen LogP contribution >= 0.6 is 0 Å². The maximum absolute atomic E-state index is 13.0. The minimum atomic E-state index is -4.50. The number of benzene rings is 1. The molecule has 0 bridgehead atoms. The van der Waals surface area contributed by atoms with Crippen molar-refractivity contribution in [3.63, 3.8) is 0 Å². The van der Waals surface area contributed by atoms with Crippen LogP contribution in [0.2, 0.25) is 0 Å². The van der Waals surface area contributed by atoms with Crippen LogP contribution in [0.15, 0.2) is 12.1 Å². The van der Waals surface area contributed by atoms with E-state index in [0.29, 0.717) is 0 Å². The summed E-state index contributed by atoms with van der Waals surface area (Å²) in [5.74, 6) is 0.360. The summed E-state index contributed by atoms with van der Waals surface area (Å²) in [6.07, 6.45) is -4.50. The Kier molecular flexibility index (Phi) is 2.93. The van der Waals surface area contributed by atoms with Crippen LogP contribution in [0.4, 0.5) is 13.2 Å². The lowest BCUT2D eigenvalue weighted by molar-refractivity contribution is -0.138. The summed E-state index contributed by atoms with van der Waals surface area (Å²) in [4.78, 5) is 0. The maximum Gasteiger partial charge on any atom is 0.416 e. The number of rotatable bonds is 2. The molecule has 1 aromatic rings. The highest BCUT2D eigenvalue weighted by Crippen LogP contribution is 2.44. The molecule has 0 fully saturated rings. The van der Waals surface area contributed by atoms with Gasteiger partial charge in [-0.05, 0) is 17.7 Å². The Labute approximate surface area is 102 Å². The second-order valence-electron chi connectivity index (χ2n) is 4.79. The molecule has 1 heterocycles.